The second kappa shape index (κ2) is 8.21. The van der Waals surface area contributed by atoms with Gasteiger partial charge in [0.1, 0.15) is 0 Å². The van der Waals surface area contributed by atoms with Crippen LogP contribution in [0, 0.1) is 0 Å². The lowest BCUT2D eigenvalue weighted by atomic mass is 10.1. The molecule has 0 bridgehead atoms. The highest BCUT2D eigenvalue weighted by atomic mass is 32.2. The van der Waals surface area contributed by atoms with E-state index in [-0.39, 0.29) is 12.1 Å². The highest BCUT2D eigenvalue weighted by Crippen LogP contribution is 2.20. The van der Waals surface area contributed by atoms with E-state index in [0.29, 0.717) is 31.2 Å². The van der Waals surface area contributed by atoms with Gasteiger partial charge in [-0.3, -0.25) is 0 Å². The first kappa shape index (κ1) is 18.4. The Morgan fingerprint density at radius 2 is 1.87 bits per heavy atom. The molecule has 23 heavy (non-hydrogen) atoms. The first-order valence-corrected chi connectivity index (χ1v) is 9.56. The Morgan fingerprint density at radius 1 is 1.26 bits per heavy atom. The van der Waals surface area contributed by atoms with E-state index >= 15 is 0 Å². The summed E-state index contributed by atoms with van der Waals surface area (Å²) in [5, 5.41) is 3.37. The number of nitrogens with zero attached hydrogens (tertiary/aromatic N) is 1. The van der Waals surface area contributed by atoms with Gasteiger partial charge in [0, 0.05) is 31.7 Å². The molecule has 3 N–H and O–H groups in total. The predicted octanol–water partition coefficient (Wildman–Crippen LogP) is 1.10. The number of benzene rings is 1. The molecule has 6 nitrogen and oxygen atoms in total. The summed E-state index contributed by atoms with van der Waals surface area (Å²) >= 11 is 0. The fourth-order valence-corrected chi connectivity index (χ4v) is 3.86. The third-order valence-electron chi connectivity index (χ3n) is 4.20. The minimum absolute atomic E-state index is 0.132. The number of hydrogen-bond acceptors (Lipinski definition) is 5. The van der Waals surface area contributed by atoms with Crippen LogP contribution in [0.25, 0.3) is 0 Å². The summed E-state index contributed by atoms with van der Waals surface area (Å²) < 4.78 is 31.8. The molecule has 1 fully saturated rings. The van der Waals surface area contributed by atoms with Gasteiger partial charge >= 0.3 is 0 Å². The predicted molar refractivity (Wildman–Crippen MR) is 90.7 cm³/mol. The maximum absolute atomic E-state index is 12.6. The molecule has 7 heteroatoms. The van der Waals surface area contributed by atoms with Crippen LogP contribution in [0.5, 0.6) is 0 Å². The van der Waals surface area contributed by atoms with Crippen molar-refractivity contribution in [2.45, 2.75) is 37.2 Å². The molecule has 0 radical (unpaired) electrons. The number of nitrogens with one attached hydrogen (secondary N) is 1. The van der Waals surface area contributed by atoms with Crippen LogP contribution < -0.4 is 11.1 Å². The molecule has 1 aromatic rings. The lowest BCUT2D eigenvalue weighted by Gasteiger charge is -2.26. The zero-order valence-corrected chi connectivity index (χ0v) is 14.7. The van der Waals surface area contributed by atoms with Gasteiger partial charge in [0.2, 0.25) is 10.0 Å². The minimum atomic E-state index is -3.42. The van der Waals surface area contributed by atoms with Gasteiger partial charge in [-0.15, -0.1) is 0 Å². The van der Waals surface area contributed by atoms with Gasteiger partial charge < -0.3 is 15.8 Å². The smallest absolute Gasteiger partial charge is 0.243 e. The van der Waals surface area contributed by atoms with Crippen molar-refractivity contribution in [3.63, 3.8) is 0 Å². The van der Waals surface area contributed by atoms with Gasteiger partial charge in [-0.1, -0.05) is 19.1 Å². The van der Waals surface area contributed by atoms with Gasteiger partial charge in [0.25, 0.3) is 0 Å². The number of morpholine rings is 1. The van der Waals surface area contributed by atoms with Crippen molar-refractivity contribution < 1.29 is 13.2 Å². The van der Waals surface area contributed by atoms with Crippen LogP contribution in [0.1, 0.15) is 31.9 Å². The molecular formula is C16H27N3O3S. The van der Waals surface area contributed by atoms with Crippen LogP contribution in [0.4, 0.5) is 0 Å². The molecule has 2 unspecified atom stereocenters. The van der Waals surface area contributed by atoms with Crippen LogP contribution in [-0.2, 0) is 14.8 Å². The van der Waals surface area contributed by atoms with Gasteiger partial charge in [-0.25, -0.2) is 8.42 Å². The van der Waals surface area contributed by atoms with E-state index < -0.39 is 10.0 Å². The second-order valence-electron chi connectivity index (χ2n) is 5.88. The van der Waals surface area contributed by atoms with Gasteiger partial charge in [-0.05, 0) is 31.0 Å². The van der Waals surface area contributed by atoms with Crippen molar-refractivity contribution >= 4 is 10.0 Å². The Morgan fingerprint density at radius 3 is 2.43 bits per heavy atom. The topological polar surface area (TPSA) is 84.7 Å². The molecule has 0 amide bonds. The van der Waals surface area contributed by atoms with Crippen molar-refractivity contribution in [3.8, 4) is 0 Å². The fourth-order valence-electron chi connectivity index (χ4n) is 2.45. The van der Waals surface area contributed by atoms with E-state index in [1.54, 1.807) is 12.1 Å². The molecule has 1 heterocycles. The average Bonchev–Trinajstić information content (AvgIpc) is 2.60. The zero-order chi connectivity index (χ0) is 16.9. The van der Waals surface area contributed by atoms with E-state index in [0.717, 1.165) is 18.5 Å². The van der Waals surface area contributed by atoms with E-state index in [4.69, 9.17) is 10.5 Å². The number of ether oxygens (including phenoxy) is 1. The summed E-state index contributed by atoms with van der Waals surface area (Å²) in [4.78, 5) is 0.334. The normalized spacial score (nSPS) is 19.4. The van der Waals surface area contributed by atoms with Crippen LogP contribution >= 0.6 is 0 Å². The molecule has 1 aliphatic rings. The number of sulfonamides is 1. The molecule has 2 atom stereocenters. The Bertz CT molecular complexity index is 583. The summed E-state index contributed by atoms with van der Waals surface area (Å²) in [6.07, 6.45) is 0.927. The summed E-state index contributed by atoms with van der Waals surface area (Å²) in [7, 11) is -3.42. The summed E-state index contributed by atoms with van der Waals surface area (Å²) in [5.41, 5.74) is 6.96. The van der Waals surface area contributed by atoms with Crippen molar-refractivity contribution in [2.75, 3.05) is 32.8 Å². The van der Waals surface area contributed by atoms with Crippen LogP contribution in [0.15, 0.2) is 29.2 Å². The van der Waals surface area contributed by atoms with Crippen LogP contribution in [0.3, 0.4) is 0 Å². The van der Waals surface area contributed by atoms with E-state index in [1.165, 1.54) is 4.31 Å². The monoisotopic (exact) mass is 341 g/mol. The lowest BCUT2D eigenvalue weighted by Crippen LogP contribution is -2.40. The third kappa shape index (κ3) is 4.74. The maximum Gasteiger partial charge on any atom is 0.243 e. The minimum Gasteiger partial charge on any atom is -0.379 e. The first-order chi connectivity index (χ1) is 10.9. The SMILES string of the molecule is CCC(N)CNC(C)c1ccc(S(=O)(=O)N2CCOCC2)cc1. The largest absolute Gasteiger partial charge is 0.379 e. The lowest BCUT2D eigenvalue weighted by molar-refractivity contribution is 0.0730. The molecule has 0 spiro atoms. The van der Waals surface area contributed by atoms with Gasteiger partial charge in [0.05, 0.1) is 18.1 Å². The molecule has 0 aliphatic carbocycles. The standard InChI is InChI=1S/C16H27N3O3S/c1-3-15(17)12-18-13(2)14-4-6-16(7-5-14)23(20,21)19-8-10-22-11-9-19/h4-7,13,15,18H,3,8-12,17H2,1-2H3. The molecule has 130 valence electrons. The molecule has 2 rings (SSSR count). The van der Waals surface area contributed by atoms with Crippen molar-refractivity contribution in [1.82, 2.24) is 9.62 Å². The first-order valence-electron chi connectivity index (χ1n) is 8.12. The molecular weight excluding hydrogens is 314 g/mol. The fraction of sp³-hybridized carbons (Fsp3) is 0.625. The van der Waals surface area contributed by atoms with E-state index in [9.17, 15) is 8.42 Å². The van der Waals surface area contributed by atoms with Crippen molar-refractivity contribution in [3.05, 3.63) is 29.8 Å². The molecule has 0 aromatic heterocycles. The Balaban J connectivity index is 2.03. The molecule has 1 aromatic carbocycles. The van der Waals surface area contributed by atoms with Crippen molar-refractivity contribution in [1.29, 1.82) is 0 Å². The van der Waals surface area contributed by atoms with Crippen LogP contribution in [-0.4, -0.2) is 51.6 Å². The summed E-state index contributed by atoms with van der Waals surface area (Å²) in [6.45, 7) is 6.58. The summed E-state index contributed by atoms with van der Waals surface area (Å²) in [5.74, 6) is 0. The highest BCUT2D eigenvalue weighted by Gasteiger charge is 2.26. The van der Waals surface area contributed by atoms with Crippen molar-refractivity contribution in [2.24, 2.45) is 5.73 Å². The molecule has 1 saturated heterocycles. The van der Waals surface area contributed by atoms with E-state index in [2.05, 4.69) is 12.2 Å². The Kier molecular flexibility index (Phi) is 6.55. The maximum atomic E-state index is 12.6. The second-order valence-corrected chi connectivity index (χ2v) is 7.82. The number of hydrogen-bond donors (Lipinski definition) is 2. The number of rotatable bonds is 7. The van der Waals surface area contributed by atoms with Gasteiger partial charge in [-0.2, -0.15) is 4.31 Å². The van der Waals surface area contributed by atoms with Crippen LogP contribution in [0.2, 0.25) is 0 Å². The average molecular weight is 341 g/mol. The Hall–Kier alpha value is -0.990. The third-order valence-corrected chi connectivity index (χ3v) is 6.11. The van der Waals surface area contributed by atoms with E-state index in [1.807, 2.05) is 19.1 Å². The quantitative estimate of drug-likeness (QED) is 0.776. The Labute approximate surface area is 139 Å². The number of nitrogens with two attached hydrogens (primary N) is 1. The molecule has 0 saturated carbocycles. The molecule has 1 aliphatic heterocycles. The van der Waals surface area contributed by atoms with Gasteiger partial charge in [0.15, 0.2) is 0 Å². The zero-order valence-electron chi connectivity index (χ0n) is 13.9. The summed E-state index contributed by atoms with van der Waals surface area (Å²) in [6, 6.07) is 7.35. The highest BCUT2D eigenvalue weighted by molar-refractivity contribution is 7.89.